The molecule has 27 heavy (non-hydrogen) atoms. The van der Waals surface area contributed by atoms with Crippen LogP contribution in [0.15, 0.2) is 58.9 Å². The molecule has 5 nitrogen and oxygen atoms in total. The van der Waals surface area contributed by atoms with Gasteiger partial charge in [0.2, 0.25) is 5.91 Å². The highest BCUT2D eigenvalue weighted by atomic mass is 32.1. The minimum absolute atomic E-state index is 0.0626. The van der Waals surface area contributed by atoms with Gasteiger partial charge >= 0.3 is 0 Å². The van der Waals surface area contributed by atoms with Crippen LogP contribution < -0.4 is 14.9 Å². The molecule has 1 aromatic heterocycles. The summed E-state index contributed by atoms with van der Waals surface area (Å²) in [6, 6.07) is 15.5. The molecule has 0 fully saturated rings. The van der Waals surface area contributed by atoms with Crippen LogP contribution in [0.1, 0.15) is 18.2 Å². The van der Waals surface area contributed by atoms with Gasteiger partial charge in [-0.3, -0.25) is 4.79 Å². The number of amides is 1. The number of nitrogens with one attached hydrogen (secondary N) is 1. The minimum Gasteiger partial charge on any atom is -0.497 e. The number of aryl methyl sites for hydroxylation is 1. The van der Waals surface area contributed by atoms with E-state index in [1.54, 1.807) is 7.11 Å². The Morgan fingerprint density at radius 1 is 1.15 bits per heavy atom. The van der Waals surface area contributed by atoms with Gasteiger partial charge in [-0.1, -0.05) is 19.1 Å². The molecule has 6 heteroatoms. The van der Waals surface area contributed by atoms with Crippen molar-refractivity contribution in [2.75, 3.05) is 12.4 Å². The molecule has 1 heterocycles. The predicted molar refractivity (Wildman–Crippen MR) is 110 cm³/mol. The van der Waals surface area contributed by atoms with Crippen LogP contribution in [0.5, 0.6) is 5.75 Å². The Balaban J connectivity index is 1.70. The maximum absolute atomic E-state index is 12.3. The number of nitrogens with zero attached hydrogens (tertiary/aromatic N) is 2. The average Bonchev–Trinajstić information content (AvgIpc) is 3.02. The predicted octanol–water partition coefficient (Wildman–Crippen LogP) is 4.07. The van der Waals surface area contributed by atoms with E-state index in [9.17, 15) is 4.79 Å². The molecule has 0 atom stereocenters. The Morgan fingerprint density at radius 3 is 2.48 bits per heavy atom. The van der Waals surface area contributed by atoms with Crippen LogP contribution in [-0.4, -0.2) is 17.6 Å². The SMILES string of the molecule is CCc1ccc(N=c2scc(CC(=O)Nc3ccc(OC)cc3)n2C)cc1. The zero-order valence-electron chi connectivity index (χ0n) is 15.7. The molecule has 3 aromatic rings. The van der Waals surface area contributed by atoms with Gasteiger partial charge in [0.1, 0.15) is 5.75 Å². The average molecular weight is 382 g/mol. The van der Waals surface area contributed by atoms with Gasteiger partial charge in [-0.15, -0.1) is 11.3 Å². The van der Waals surface area contributed by atoms with Crippen molar-refractivity contribution >= 4 is 28.6 Å². The summed E-state index contributed by atoms with van der Waals surface area (Å²) in [5, 5.41) is 4.89. The van der Waals surface area contributed by atoms with Gasteiger partial charge in [-0.25, -0.2) is 4.99 Å². The second kappa shape index (κ2) is 8.68. The van der Waals surface area contributed by atoms with Crippen LogP contribution in [0.4, 0.5) is 11.4 Å². The first-order chi connectivity index (χ1) is 13.1. The molecule has 1 amide bonds. The van der Waals surface area contributed by atoms with E-state index in [1.807, 2.05) is 53.4 Å². The van der Waals surface area contributed by atoms with Gasteiger partial charge in [-0.2, -0.15) is 0 Å². The number of hydrogen-bond donors (Lipinski definition) is 1. The number of carbonyl (C=O) groups excluding carboxylic acids is 1. The van der Waals surface area contributed by atoms with Crippen molar-refractivity contribution in [1.29, 1.82) is 0 Å². The summed E-state index contributed by atoms with van der Waals surface area (Å²) in [5.74, 6) is 0.697. The van der Waals surface area contributed by atoms with E-state index >= 15 is 0 Å². The van der Waals surface area contributed by atoms with E-state index in [-0.39, 0.29) is 5.91 Å². The van der Waals surface area contributed by atoms with E-state index in [0.29, 0.717) is 6.42 Å². The highest BCUT2D eigenvalue weighted by molar-refractivity contribution is 7.07. The maximum atomic E-state index is 12.3. The Labute approximate surface area is 163 Å². The standard InChI is InChI=1S/C21H23N3O2S/c1-4-15-5-7-17(8-6-15)23-21-24(2)18(14-27-21)13-20(25)22-16-9-11-19(26-3)12-10-16/h5-12,14H,4,13H2,1-3H3,(H,22,25). The largest absolute Gasteiger partial charge is 0.497 e. The van der Waals surface area contributed by atoms with Gasteiger partial charge in [0, 0.05) is 23.8 Å². The lowest BCUT2D eigenvalue weighted by molar-refractivity contribution is -0.115. The quantitative estimate of drug-likeness (QED) is 0.700. The van der Waals surface area contributed by atoms with Gasteiger partial charge in [0.15, 0.2) is 4.80 Å². The zero-order valence-corrected chi connectivity index (χ0v) is 16.5. The Bertz CT molecular complexity index is 970. The number of methoxy groups -OCH3 is 1. The fourth-order valence-corrected chi connectivity index (χ4v) is 3.54. The Hall–Kier alpha value is -2.86. The molecule has 0 spiro atoms. The van der Waals surface area contributed by atoms with Crippen molar-refractivity contribution < 1.29 is 9.53 Å². The summed E-state index contributed by atoms with van der Waals surface area (Å²) in [7, 11) is 3.55. The first kappa shape index (κ1) is 18.9. The summed E-state index contributed by atoms with van der Waals surface area (Å²) in [5.41, 5.74) is 3.88. The molecule has 0 aliphatic carbocycles. The third kappa shape index (κ3) is 4.86. The molecule has 2 aromatic carbocycles. The summed E-state index contributed by atoms with van der Waals surface area (Å²) >= 11 is 1.53. The minimum atomic E-state index is -0.0626. The van der Waals surface area contributed by atoms with Gasteiger partial charge in [0.05, 0.1) is 19.2 Å². The summed E-state index contributed by atoms with van der Waals surface area (Å²) in [4.78, 5) is 17.9. The van der Waals surface area contributed by atoms with Gasteiger partial charge in [0.25, 0.3) is 0 Å². The van der Waals surface area contributed by atoms with E-state index in [1.165, 1.54) is 16.9 Å². The van der Waals surface area contributed by atoms with Crippen molar-refractivity contribution in [2.45, 2.75) is 19.8 Å². The zero-order chi connectivity index (χ0) is 19.2. The number of benzene rings is 2. The van der Waals surface area contributed by atoms with E-state index in [0.717, 1.165) is 34.0 Å². The summed E-state index contributed by atoms with van der Waals surface area (Å²) in [6.45, 7) is 2.13. The Kier molecular flexibility index (Phi) is 6.08. The molecule has 1 N–H and O–H groups in total. The molecule has 0 saturated heterocycles. The number of anilines is 1. The van der Waals surface area contributed by atoms with Gasteiger partial charge < -0.3 is 14.6 Å². The van der Waals surface area contributed by atoms with Crippen LogP contribution in [0, 0.1) is 0 Å². The molecular weight excluding hydrogens is 358 g/mol. The molecule has 0 unspecified atom stereocenters. The number of hydrogen-bond acceptors (Lipinski definition) is 4. The topological polar surface area (TPSA) is 55.6 Å². The van der Waals surface area contributed by atoms with Crippen LogP contribution in [0.3, 0.4) is 0 Å². The van der Waals surface area contributed by atoms with Crippen molar-refractivity contribution in [1.82, 2.24) is 4.57 Å². The molecule has 140 valence electrons. The van der Waals surface area contributed by atoms with Gasteiger partial charge in [-0.05, 0) is 48.4 Å². The number of aromatic nitrogens is 1. The lowest BCUT2D eigenvalue weighted by Gasteiger charge is -2.07. The number of rotatable bonds is 6. The first-order valence-electron chi connectivity index (χ1n) is 8.80. The van der Waals surface area contributed by atoms with E-state index in [2.05, 4.69) is 29.4 Å². The van der Waals surface area contributed by atoms with E-state index < -0.39 is 0 Å². The normalized spacial score (nSPS) is 11.4. The smallest absolute Gasteiger partial charge is 0.230 e. The molecule has 0 aliphatic heterocycles. The summed E-state index contributed by atoms with van der Waals surface area (Å²) < 4.78 is 7.09. The highest BCUT2D eigenvalue weighted by Gasteiger charge is 2.09. The molecular formula is C21H23N3O2S. The fourth-order valence-electron chi connectivity index (χ4n) is 2.62. The van der Waals surface area contributed by atoms with Crippen LogP contribution in [0.25, 0.3) is 0 Å². The molecule has 0 saturated carbocycles. The third-order valence-corrected chi connectivity index (χ3v) is 5.27. The van der Waals surface area contributed by atoms with Crippen molar-refractivity contribution in [3.05, 3.63) is 70.0 Å². The third-order valence-electron chi connectivity index (χ3n) is 4.30. The fraction of sp³-hybridized carbons (Fsp3) is 0.238. The first-order valence-corrected chi connectivity index (χ1v) is 9.68. The summed E-state index contributed by atoms with van der Waals surface area (Å²) in [6.07, 6.45) is 1.31. The Morgan fingerprint density at radius 2 is 1.85 bits per heavy atom. The number of ether oxygens (including phenoxy) is 1. The monoisotopic (exact) mass is 381 g/mol. The molecule has 3 rings (SSSR count). The lowest BCUT2D eigenvalue weighted by Crippen LogP contribution is -2.19. The van der Waals surface area contributed by atoms with Crippen molar-refractivity contribution in [3.63, 3.8) is 0 Å². The lowest BCUT2D eigenvalue weighted by atomic mass is 10.2. The van der Waals surface area contributed by atoms with Crippen LogP contribution in [-0.2, 0) is 24.7 Å². The van der Waals surface area contributed by atoms with Crippen molar-refractivity contribution in [2.24, 2.45) is 12.0 Å². The van der Waals surface area contributed by atoms with Crippen LogP contribution in [0.2, 0.25) is 0 Å². The highest BCUT2D eigenvalue weighted by Crippen LogP contribution is 2.16. The second-order valence-electron chi connectivity index (χ2n) is 6.15. The maximum Gasteiger partial charge on any atom is 0.230 e. The van der Waals surface area contributed by atoms with Crippen molar-refractivity contribution in [3.8, 4) is 5.75 Å². The molecule has 0 bridgehead atoms. The van der Waals surface area contributed by atoms with Crippen LogP contribution >= 0.6 is 11.3 Å². The number of thiazole rings is 1. The number of carbonyl (C=O) groups is 1. The second-order valence-corrected chi connectivity index (χ2v) is 6.99. The van der Waals surface area contributed by atoms with E-state index in [4.69, 9.17) is 4.74 Å². The molecule has 0 aliphatic rings. The molecule has 0 radical (unpaired) electrons.